The van der Waals surface area contributed by atoms with Crippen molar-refractivity contribution in [3.63, 3.8) is 0 Å². The maximum Gasteiger partial charge on any atom is 0.485 e. The predicted molar refractivity (Wildman–Crippen MR) is 39.5 cm³/mol. The minimum atomic E-state index is -4.70. The Hall–Kier alpha value is -0.185. The maximum absolute atomic E-state index is 12.4. The molecule has 0 bridgehead atoms. The van der Waals surface area contributed by atoms with Gasteiger partial charge in [0.05, 0.1) is 0 Å². The highest BCUT2D eigenvalue weighted by molar-refractivity contribution is 6.62. The van der Waals surface area contributed by atoms with Crippen molar-refractivity contribution in [3.8, 4) is 0 Å². The van der Waals surface area contributed by atoms with Crippen molar-refractivity contribution in [1.29, 1.82) is 0 Å². The van der Waals surface area contributed by atoms with E-state index in [1.165, 1.54) is 6.92 Å². The van der Waals surface area contributed by atoms with Crippen LogP contribution in [0.25, 0.3) is 0 Å². The van der Waals surface area contributed by atoms with Gasteiger partial charge in [0.2, 0.25) is 0 Å². The Kier molecular flexibility index (Phi) is 1.95. The number of hydrogen-bond acceptors (Lipinski definition) is 1. The quantitative estimate of drug-likeness (QED) is 0.586. The molecule has 5 heteroatoms. The Bertz CT molecular complexity index is 158. The lowest BCUT2D eigenvalue weighted by atomic mass is 9.54. The summed E-state index contributed by atoms with van der Waals surface area (Å²) in [4.78, 5) is 0. The molecule has 0 amide bonds. The summed E-state index contributed by atoms with van der Waals surface area (Å²) >= 11 is 0. The molecule has 11 heavy (non-hydrogen) atoms. The predicted octanol–water partition coefficient (Wildman–Crippen LogP) is 1.83. The Labute approximate surface area is 64.4 Å². The van der Waals surface area contributed by atoms with Crippen LogP contribution in [0.5, 0.6) is 0 Å². The third-order valence-corrected chi connectivity index (χ3v) is 2.83. The van der Waals surface area contributed by atoms with Gasteiger partial charge in [-0.2, -0.15) is 0 Å². The van der Waals surface area contributed by atoms with Crippen LogP contribution in [0.3, 0.4) is 0 Å². The molecule has 0 spiro atoms. The van der Waals surface area contributed by atoms with E-state index < -0.39 is 12.3 Å². The second-order valence-electron chi connectivity index (χ2n) is 3.61. The minimum Gasteiger partial charge on any atom is -0.448 e. The van der Waals surface area contributed by atoms with Crippen molar-refractivity contribution < 1.29 is 12.9 Å². The zero-order valence-corrected chi connectivity index (χ0v) is 6.70. The summed E-state index contributed by atoms with van der Waals surface area (Å²) in [6.07, 6.45) is 0. The second-order valence-corrected chi connectivity index (χ2v) is 3.61. The fraction of sp³-hybridized carbons (Fsp3) is 1.00. The first-order chi connectivity index (χ1) is 4.88. The smallest absolute Gasteiger partial charge is 0.448 e. The van der Waals surface area contributed by atoms with E-state index >= 15 is 0 Å². The molecule has 0 aromatic heterocycles. The van der Waals surface area contributed by atoms with E-state index in [2.05, 4.69) is 5.32 Å². The van der Waals surface area contributed by atoms with E-state index in [1.807, 2.05) is 0 Å². The number of hydrogen-bond donors (Lipinski definition) is 1. The molecule has 0 radical (unpaired) electrons. The number of rotatable bonds is 1. The van der Waals surface area contributed by atoms with Crippen LogP contribution < -0.4 is 5.32 Å². The number of nitrogens with one attached hydrogen (secondary N) is 1. The SMILES string of the molecule is CC1CNCC1(C)[B-](F)(F)F. The van der Waals surface area contributed by atoms with Gasteiger partial charge < -0.3 is 18.3 Å². The average molecular weight is 166 g/mol. The zero-order valence-electron chi connectivity index (χ0n) is 6.70. The first-order valence-corrected chi connectivity index (χ1v) is 3.78. The molecule has 2 unspecified atom stereocenters. The van der Waals surface area contributed by atoms with Gasteiger partial charge in [0.15, 0.2) is 0 Å². The average Bonchev–Trinajstić information content (AvgIpc) is 2.12. The Morgan fingerprint density at radius 3 is 2.18 bits per heavy atom. The summed E-state index contributed by atoms with van der Waals surface area (Å²) in [5, 5.41) is 1.31. The highest BCUT2D eigenvalue weighted by Crippen LogP contribution is 2.48. The fourth-order valence-corrected chi connectivity index (χ4v) is 1.40. The van der Waals surface area contributed by atoms with Gasteiger partial charge in [0.1, 0.15) is 0 Å². The van der Waals surface area contributed by atoms with Crippen molar-refractivity contribution >= 4 is 6.98 Å². The molecule has 1 aliphatic heterocycles. The Morgan fingerprint density at radius 2 is 2.00 bits per heavy atom. The van der Waals surface area contributed by atoms with Crippen LogP contribution in [0.1, 0.15) is 13.8 Å². The molecule has 1 aliphatic rings. The van der Waals surface area contributed by atoms with Gasteiger partial charge in [-0.1, -0.05) is 13.8 Å². The highest BCUT2D eigenvalue weighted by Gasteiger charge is 2.51. The summed E-state index contributed by atoms with van der Waals surface area (Å²) in [6, 6.07) is 0. The molecule has 0 aromatic rings. The van der Waals surface area contributed by atoms with Crippen LogP contribution in [0.4, 0.5) is 12.9 Å². The van der Waals surface area contributed by atoms with Crippen LogP contribution in [0.2, 0.25) is 5.31 Å². The largest absolute Gasteiger partial charge is 0.485 e. The van der Waals surface area contributed by atoms with E-state index in [1.54, 1.807) is 6.92 Å². The Morgan fingerprint density at radius 1 is 1.45 bits per heavy atom. The standard InChI is InChI=1S/C6H12BF3N/c1-5-3-11-4-6(5,2)7(8,9)10/h5,11H,3-4H2,1-2H3/q-1. The van der Waals surface area contributed by atoms with Gasteiger partial charge >= 0.3 is 6.98 Å². The van der Waals surface area contributed by atoms with Crippen LogP contribution in [0.15, 0.2) is 0 Å². The van der Waals surface area contributed by atoms with E-state index in [-0.39, 0.29) is 12.5 Å². The molecule has 0 aromatic carbocycles. The molecular formula is C6H12BF3N-. The van der Waals surface area contributed by atoms with Crippen molar-refractivity contribution in [2.75, 3.05) is 13.1 Å². The van der Waals surface area contributed by atoms with Gasteiger partial charge in [0, 0.05) is 0 Å². The van der Waals surface area contributed by atoms with Gasteiger partial charge in [-0.15, -0.1) is 0 Å². The zero-order chi connectivity index (χ0) is 8.70. The monoisotopic (exact) mass is 166 g/mol. The van der Waals surface area contributed by atoms with E-state index in [4.69, 9.17) is 0 Å². The normalized spacial score (nSPS) is 39.5. The fourth-order valence-electron chi connectivity index (χ4n) is 1.40. The molecule has 2 atom stereocenters. The lowest BCUT2D eigenvalue weighted by Gasteiger charge is -2.37. The summed E-state index contributed by atoms with van der Waals surface area (Å²) in [5.74, 6) is -0.289. The second kappa shape index (κ2) is 2.40. The lowest BCUT2D eigenvalue weighted by molar-refractivity contribution is 0.338. The Balaban J connectivity index is 2.81. The first kappa shape index (κ1) is 8.91. The third kappa shape index (κ3) is 1.26. The van der Waals surface area contributed by atoms with E-state index in [0.29, 0.717) is 6.54 Å². The summed E-state index contributed by atoms with van der Waals surface area (Å²) < 4.78 is 37.3. The van der Waals surface area contributed by atoms with Gasteiger partial charge in [-0.3, -0.25) is 0 Å². The van der Waals surface area contributed by atoms with Crippen LogP contribution in [-0.2, 0) is 0 Å². The van der Waals surface area contributed by atoms with Crippen molar-refractivity contribution in [2.24, 2.45) is 5.92 Å². The maximum atomic E-state index is 12.4. The molecule has 1 heterocycles. The molecule has 0 aliphatic carbocycles. The summed E-state index contributed by atoms with van der Waals surface area (Å²) in [6.45, 7) is -1.19. The summed E-state index contributed by atoms with van der Waals surface area (Å²) in [7, 11) is 0. The number of halogens is 3. The molecule has 66 valence electrons. The minimum absolute atomic E-state index is 0.0810. The van der Waals surface area contributed by atoms with Crippen LogP contribution in [-0.4, -0.2) is 20.1 Å². The lowest BCUT2D eigenvalue weighted by Crippen LogP contribution is -2.39. The van der Waals surface area contributed by atoms with Crippen molar-refractivity contribution in [2.45, 2.75) is 19.2 Å². The van der Waals surface area contributed by atoms with Gasteiger partial charge in [-0.25, -0.2) is 0 Å². The third-order valence-electron chi connectivity index (χ3n) is 2.83. The topological polar surface area (TPSA) is 12.0 Å². The molecular weight excluding hydrogens is 154 g/mol. The van der Waals surface area contributed by atoms with E-state index in [0.717, 1.165) is 0 Å². The first-order valence-electron chi connectivity index (χ1n) is 3.78. The molecule has 1 N–H and O–H groups in total. The van der Waals surface area contributed by atoms with Gasteiger partial charge in [0.25, 0.3) is 0 Å². The van der Waals surface area contributed by atoms with Crippen molar-refractivity contribution in [1.82, 2.24) is 5.32 Å². The summed E-state index contributed by atoms with van der Waals surface area (Å²) in [5.41, 5.74) is 0. The van der Waals surface area contributed by atoms with Gasteiger partial charge in [-0.05, 0) is 24.3 Å². The molecule has 1 fully saturated rings. The molecule has 1 rings (SSSR count). The van der Waals surface area contributed by atoms with Crippen molar-refractivity contribution in [3.05, 3.63) is 0 Å². The van der Waals surface area contributed by atoms with Crippen LogP contribution >= 0.6 is 0 Å². The van der Waals surface area contributed by atoms with Crippen LogP contribution in [0, 0.1) is 5.92 Å². The van der Waals surface area contributed by atoms with E-state index in [9.17, 15) is 12.9 Å². The highest BCUT2D eigenvalue weighted by atomic mass is 19.4. The molecule has 0 saturated carbocycles. The molecule has 1 nitrogen and oxygen atoms in total. The molecule has 1 saturated heterocycles.